The third-order valence-electron chi connectivity index (χ3n) is 9.83. The Balaban J connectivity index is 1.24. The second-order valence-electron chi connectivity index (χ2n) is 12.9. The van der Waals surface area contributed by atoms with Crippen molar-refractivity contribution < 1.29 is 0 Å². The molecule has 0 atom stereocenters. The van der Waals surface area contributed by atoms with Crippen LogP contribution in [0.2, 0.25) is 0 Å². The van der Waals surface area contributed by atoms with E-state index in [-0.39, 0.29) is 0 Å². The van der Waals surface area contributed by atoms with Crippen molar-refractivity contribution in [1.82, 2.24) is 15.0 Å². The summed E-state index contributed by atoms with van der Waals surface area (Å²) in [7, 11) is 0. The maximum absolute atomic E-state index is 5.13. The summed E-state index contributed by atoms with van der Waals surface area (Å²) in [5.41, 5.74) is 11.0. The normalized spacial score (nSPS) is 11.9. The Morgan fingerprint density at radius 2 is 0.941 bits per heavy atom. The standard InChI is InChI=1S/C47H30N4/c1-4-13-31(14-5-1)36-24-27-42-41(30-36)39-22-12-21-38-40(26-28-43(44(38)39)51(42)37-25-23-32-15-10-11-20-35(32)29-37)47-49-45(33-16-6-2-7-17-33)48-46(50-47)34-18-8-3-9-19-34/h1-30H. The lowest BCUT2D eigenvalue weighted by atomic mass is 9.87. The van der Waals surface area contributed by atoms with E-state index in [1.54, 1.807) is 0 Å². The van der Waals surface area contributed by atoms with E-state index in [2.05, 4.69) is 126 Å². The molecule has 1 aliphatic heterocycles. The molecule has 0 saturated carbocycles. The van der Waals surface area contributed by atoms with Crippen LogP contribution in [0.5, 0.6) is 0 Å². The molecule has 8 aromatic carbocycles. The minimum absolute atomic E-state index is 0.646. The number of hydrogen-bond acceptors (Lipinski definition) is 4. The highest BCUT2D eigenvalue weighted by Gasteiger charge is 2.28. The van der Waals surface area contributed by atoms with Gasteiger partial charge in [-0.25, -0.2) is 15.0 Å². The monoisotopic (exact) mass is 650 g/mol. The first-order chi connectivity index (χ1) is 25.3. The van der Waals surface area contributed by atoms with Gasteiger partial charge in [0, 0.05) is 33.3 Å². The van der Waals surface area contributed by atoms with Crippen molar-refractivity contribution >= 4 is 38.6 Å². The molecule has 0 spiro atoms. The summed E-state index contributed by atoms with van der Waals surface area (Å²) in [6.07, 6.45) is 0. The van der Waals surface area contributed by atoms with Crippen LogP contribution < -0.4 is 4.90 Å². The van der Waals surface area contributed by atoms with Crippen LogP contribution >= 0.6 is 0 Å². The van der Waals surface area contributed by atoms with Crippen molar-refractivity contribution in [1.29, 1.82) is 0 Å². The van der Waals surface area contributed by atoms with Crippen LogP contribution in [0.3, 0.4) is 0 Å². The van der Waals surface area contributed by atoms with E-state index in [1.165, 1.54) is 38.4 Å². The van der Waals surface area contributed by atoms with Gasteiger partial charge in [-0.2, -0.15) is 0 Å². The first-order valence-corrected chi connectivity index (χ1v) is 17.2. The third-order valence-corrected chi connectivity index (χ3v) is 9.83. The van der Waals surface area contributed by atoms with Gasteiger partial charge in [0.15, 0.2) is 17.5 Å². The van der Waals surface area contributed by atoms with Crippen LogP contribution in [-0.2, 0) is 0 Å². The largest absolute Gasteiger partial charge is 0.309 e. The first kappa shape index (κ1) is 29.0. The molecule has 0 unspecified atom stereocenters. The zero-order valence-electron chi connectivity index (χ0n) is 27.6. The molecule has 9 aromatic rings. The summed E-state index contributed by atoms with van der Waals surface area (Å²) in [5, 5.41) is 4.69. The molecule has 238 valence electrons. The van der Waals surface area contributed by atoms with E-state index < -0.39 is 0 Å². The van der Waals surface area contributed by atoms with E-state index in [4.69, 9.17) is 15.0 Å². The summed E-state index contributed by atoms with van der Waals surface area (Å²) in [5.74, 6) is 1.94. The van der Waals surface area contributed by atoms with Crippen molar-refractivity contribution in [3.8, 4) is 56.4 Å². The van der Waals surface area contributed by atoms with Crippen molar-refractivity contribution in [2.24, 2.45) is 0 Å². The van der Waals surface area contributed by atoms with Crippen LogP contribution in [0.15, 0.2) is 182 Å². The lowest BCUT2D eigenvalue weighted by molar-refractivity contribution is 1.08. The molecule has 0 bridgehead atoms. The first-order valence-electron chi connectivity index (χ1n) is 17.2. The van der Waals surface area contributed by atoms with Gasteiger partial charge in [0.05, 0.1) is 11.4 Å². The number of anilines is 3. The number of fused-ring (bicyclic) bond motifs is 3. The SMILES string of the molecule is c1ccc(-c2ccc3c(c2)-c2cccc4c(-c5nc(-c6ccccc6)nc(-c6ccccc6)n5)ccc(c24)N3c2ccc3ccccc3c2)cc1. The summed E-state index contributed by atoms with van der Waals surface area (Å²) in [6, 6.07) is 64.1. The molecule has 0 fully saturated rings. The molecule has 0 saturated heterocycles. The summed E-state index contributed by atoms with van der Waals surface area (Å²) in [4.78, 5) is 17.6. The summed E-state index contributed by atoms with van der Waals surface area (Å²) in [6.45, 7) is 0. The lowest BCUT2D eigenvalue weighted by Gasteiger charge is -2.34. The fourth-order valence-corrected chi connectivity index (χ4v) is 7.40. The molecule has 0 aliphatic carbocycles. The van der Waals surface area contributed by atoms with E-state index in [9.17, 15) is 0 Å². The van der Waals surface area contributed by atoms with Gasteiger partial charge < -0.3 is 4.90 Å². The molecule has 2 heterocycles. The Bertz CT molecular complexity index is 2680. The third kappa shape index (κ3) is 4.96. The van der Waals surface area contributed by atoms with E-state index in [0.717, 1.165) is 39.1 Å². The number of aromatic nitrogens is 3. The highest BCUT2D eigenvalue weighted by atomic mass is 15.2. The van der Waals surface area contributed by atoms with Gasteiger partial charge in [0.1, 0.15) is 0 Å². The maximum atomic E-state index is 5.13. The quantitative estimate of drug-likeness (QED) is 0.186. The fourth-order valence-electron chi connectivity index (χ4n) is 7.40. The van der Waals surface area contributed by atoms with Crippen LogP contribution in [-0.4, -0.2) is 15.0 Å². The fraction of sp³-hybridized carbons (Fsp3) is 0. The lowest BCUT2D eigenvalue weighted by Crippen LogP contribution is -2.15. The molecule has 0 amide bonds. The van der Waals surface area contributed by atoms with Crippen molar-refractivity contribution in [3.63, 3.8) is 0 Å². The average Bonchev–Trinajstić information content (AvgIpc) is 3.21. The van der Waals surface area contributed by atoms with Crippen LogP contribution in [0.25, 0.3) is 78.0 Å². The molecule has 1 aliphatic rings. The minimum atomic E-state index is 0.646. The average molecular weight is 651 g/mol. The molecule has 0 radical (unpaired) electrons. The molecule has 0 N–H and O–H groups in total. The molecule has 4 nitrogen and oxygen atoms in total. The van der Waals surface area contributed by atoms with Gasteiger partial charge in [-0.05, 0) is 69.2 Å². The molecule has 1 aromatic heterocycles. The summed E-state index contributed by atoms with van der Waals surface area (Å²) >= 11 is 0. The van der Waals surface area contributed by atoms with E-state index in [0.29, 0.717) is 17.5 Å². The molecular formula is C47H30N4. The Kier molecular flexibility index (Phi) is 6.78. The van der Waals surface area contributed by atoms with Crippen molar-refractivity contribution in [3.05, 3.63) is 182 Å². The highest BCUT2D eigenvalue weighted by molar-refractivity contribution is 6.17. The van der Waals surface area contributed by atoms with Crippen LogP contribution in [0.4, 0.5) is 17.1 Å². The Hall–Kier alpha value is -6.91. The van der Waals surface area contributed by atoms with Gasteiger partial charge in [0.25, 0.3) is 0 Å². The second kappa shape index (κ2) is 11.9. The Morgan fingerprint density at radius 1 is 0.333 bits per heavy atom. The van der Waals surface area contributed by atoms with Gasteiger partial charge in [-0.1, -0.05) is 146 Å². The molecule has 10 rings (SSSR count). The zero-order chi connectivity index (χ0) is 33.7. The Labute approximate surface area is 296 Å². The topological polar surface area (TPSA) is 41.9 Å². The second-order valence-corrected chi connectivity index (χ2v) is 12.9. The molecule has 4 heteroatoms. The van der Waals surface area contributed by atoms with Crippen LogP contribution in [0, 0.1) is 0 Å². The maximum Gasteiger partial charge on any atom is 0.164 e. The van der Waals surface area contributed by atoms with Gasteiger partial charge in [-0.3, -0.25) is 0 Å². The molecule has 51 heavy (non-hydrogen) atoms. The predicted octanol–water partition coefficient (Wildman–Crippen LogP) is 12.3. The van der Waals surface area contributed by atoms with Gasteiger partial charge >= 0.3 is 0 Å². The van der Waals surface area contributed by atoms with Crippen molar-refractivity contribution in [2.45, 2.75) is 0 Å². The number of hydrogen-bond donors (Lipinski definition) is 0. The number of rotatable bonds is 5. The smallest absolute Gasteiger partial charge is 0.164 e. The molecular weight excluding hydrogens is 621 g/mol. The zero-order valence-corrected chi connectivity index (χ0v) is 27.6. The number of nitrogens with zero attached hydrogens (tertiary/aromatic N) is 4. The number of benzene rings is 8. The van der Waals surface area contributed by atoms with Crippen LogP contribution in [0.1, 0.15) is 0 Å². The Morgan fingerprint density at radius 3 is 1.65 bits per heavy atom. The van der Waals surface area contributed by atoms with Crippen molar-refractivity contribution in [2.75, 3.05) is 4.90 Å². The highest BCUT2D eigenvalue weighted by Crippen LogP contribution is 2.53. The van der Waals surface area contributed by atoms with Gasteiger partial charge in [-0.15, -0.1) is 0 Å². The minimum Gasteiger partial charge on any atom is -0.309 e. The van der Waals surface area contributed by atoms with E-state index in [1.807, 2.05) is 60.7 Å². The summed E-state index contributed by atoms with van der Waals surface area (Å²) < 4.78 is 0. The van der Waals surface area contributed by atoms with E-state index >= 15 is 0 Å². The predicted molar refractivity (Wildman–Crippen MR) is 210 cm³/mol. The van der Waals surface area contributed by atoms with Gasteiger partial charge in [0.2, 0.25) is 0 Å².